The van der Waals surface area contributed by atoms with E-state index in [0.717, 1.165) is 67.7 Å². The average molecular weight is 496 g/mol. The van der Waals surface area contributed by atoms with E-state index in [9.17, 15) is 9.59 Å². The number of amides is 1. The number of likely N-dealkylation sites (N-methyl/N-ethyl adjacent to an activating group) is 1. The van der Waals surface area contributed by atoms with E-state index < -0.39 is 0 Å². The summed E-state index contributed by atoms with van der Waals surface area (Å²) in [6.07, 6.45) is 6.97. The van der Waals surface area contributed by atoms with Crippen LogP contribution in [0.1, 0.15) is 46.5 Å². The van der Waals surface area contributed by atoms with Crippen LogP contribution in [0.2, 0.25) is 0 Å². The van der Waals surface area contributed by atoms with Gasteiger partial charge >= 0.3 is 0 Å². The first-order valence-corrected chi connectivity index (χ1v) is 13.2. The monoisotopic (exact) mass is 495 g/mol. The lowest BCUT2D eigenvalue weighted by molar-refractivity contribution is -0.123. The summed E-state index contributed by atoms with van der Waals surface area (Å²) in [5.74, 6) is 0.803. The Morgan fingerprint density at radius 2 is 1.83 bits per heavy atom. The highest BCUT2D eigenvalue weighted by molar-refractivity contribution is 7.10. The molecule has 186 valence electrons. The van der Waals surface area contributed by atoms with E-state index in [1.165, 1.54) is 6.33 Å². The summed E-state index contributed by atoms with van der Waals surface area (Å²) in [7, 11) is 2.12. The molecule has 9 nitrogen and oxygen atoms in total. The van der Waals surface area contributed by atoms with Crippen LogP contribution in [0.4, 0.5) is 5.82 Å². The van der Waals surface area contributed by atoms with Crippen molar-refractivity contribution < 1.29 is 9.59 Å². The Balaban J connectivity index is 1.19. The minimum atomic E-state index is -0.0142. The third kappa shape index (κ3) is 5.39. The molecule has 10 heteroatoms. The molecule has 35 heavy (non-hydrogen) atoms. The van der Waals surface area contributed by atoms with Gasteiger partial charge in [-0.2, -0.15) is 0 Å². The zero-order valence-electron chi connectivity index (χ0n) is 20.3. The molecule has 2 aliphatic rings. The lowest BCUT2D eigenvalue weighted by Crippen LogP contribution is -2.50. The van der Waals surface area contributed by atoms with E-state index in [1.54, 1.807) is 17.5 Å². The number of aromatic nitrogens is 3. The molecule has 1 saturated heterocycles. The SMILES string of the molecule is Cc1sccc1C(=O)c1c[nH]c2ncnc(N[C@H]3CC[C@@H](NC(=O)CN4CCN(C)CC4)CC3)c12. The van der Waals surface area contributed by atoms with Crippen molar-refractivity contribution >= 4 is 39.9 Å². The Morgan fingerprint density at radius 1 is 1.09 bits per heavy atom. The van der Waals surface area contributed by atoms with Gasteiger partial charge in [0.1, 0.15) is 17.8 Å². The summed E-state index contributed by atoms with van der Waals surface area (Å²) in [5, 5.41) is 9.48. The molecule has 0 spiro atoms. The molecular weight excluding hydrogens is 462 g/mol. The van der Waals surface area contributed by atoms with Crippen LogP contribution in [0.3, 0.4) is 0 Å². The number of ketones is 1. The van der Waals surface area contributed by atoms with Gasteiger partial charge in [0.15, 0.2) is 5.78 Å². The lowest BCUT2D eigenvalue weighted by atomic mass is 9.91. The maximum Gasteiger partial charge on any atom is 0.234 e. The molecule has 1 saturated carbocycles. The molecule has 0 unspecified atom stereocenters. The van der Waals surface area contributed by atoms with Crippen molar-refractivity contribution in [2.75, 3.05) is 45.1 Å². The fourth-order valence-electron chi connectivity index (χ4n) is 5.07. The van der Waals surface area contributed by atoms with Gasteiger partial charge < -0.3 is 20.5 Å². The van der Waals surface area contributed by atoms with Gasteiger partial charge in [0.25, 0.3) is 0 Å². The number of hydrogen-bond donors (Lipinski definition) is 3. The Kier molecular flexibility index (Phi) is 7.12. The van der Waals surface area contributed by atoms with Crippen LogP contribution in [-0.4, -0.2) is 88.3 Å². The summed E-state index contributed by atoms with van der Waals surface area (Å²) < 4.78 is 0. The van der Waals surface area contributed by atoms with Gasteiger partial charge in [-0.15, -0.1) is 11.3 Å². The maximum atomic E-state index is 13.2. The van der Waals surface area contributed by atoms with Crippen LogP contribution in [0.5, 0.6) is 0 Å². The number of piperazine rings is 1. The van der Waals surface area contributed by atoms with Crippen molar-refractivity contribution in [2.24, 2.45) is 0 Å². The molecule has 1 aliphatic heterocycles. The van der Waals surface area contributed by atoms with Gasteiger partial charge in [-0.05, 0) is 51.1 Å². The number of nitrogens with one attached hydrogen (secondary N) is 3. The van der Waals surface area contributed by atoms with Crippen molar-refractivity contribution in [2.45, 2.75) is 44.7 Å². The molecule has 1 amide bonds. The molecule has 3 aromatic heterocycles. The number of nitrogens with zero attached hydrogens (tertiary/aromatic N) is 4. The number of thiophene rings is 1. The van der Waals surface area contributed by atoms with Gasteiger partial charge in [-0.3, -0.25) is 14.5 Å². The first-order chi connectivity index (χ1) is 17.0. The van der Waals surface area contributed by atoms with Crippen LogP contribution >= 0.6 is 11.3 Å². The fraction of sp³-hybridized carbons (Fsp3) is 0.520. The number of fused-ring (bicyclic) bond motifs is 1. The van der Waals surface area contributed by atoms with E-state index in [2.05, 4.69) is 42.4 Å². The molecule has 3 aromatic rings. The zero-order valence-corrected chi connectivity index (χ0v) is 21.2. The molecule has 1 aliphatic carbocycles. The number of hydrogen-bond acceptors (Lipinski definition) is 8. The van der Waals surface area contributed by atoms with Crippen molar-refractivity contribution in [3.63, 3.8) is 0 Å². The van der Waals surface area contributed by atoms with Gasteiger partial charge in [-0.25, -0.2) is 9.97 Å². The number of anilines is 1. The summed E-state index contributed by atoms with van der Waals surface area (Å²) in [5.41, 5.74) is 1.97. The third-order valence-electron chi connectivity index (χ3n) is 7.21. The smallest absolute Gasteiger partial charge is 0.234 e. The van der Waals surface area contributed by atoms with Crippen LogP contribution in [0.15, 0.2) is 24.0 Å². The Morgan fingerprint density at radius 3 is 2.54 bits per heavy atom. The maximum absolute atomic E-state index is 13.2. The van der Waals surface area contributed by atoms with E-state index in [0.29, 0.717) is 23.6 Å². The third-order valence-corrected chi connectivity index (χ3v) is 8.06. The normalized spacial score (nSPS) is 21.8. The van der Waals surface area contributed by atoms with Crippen LogP contribution in [0.25, 0.3) is 11.0 Å². The van der Waals surface area contributed by atoms with Crippen molar-refractivity contribution in [1.82, 2.24) is 30.1 Å². The highest BCUT2D eigenvalue weighted by Crippen LogP contribution is 2.30. The second-order valence-corrected chi connectivity index (χ2v) is 10.8. The predicted octanol–water partition coefficient (Wildman–Crippen LogP) is 2.65. The number of aryl methyl sites for hydroxylation is 1. The van der Waals surface area contributed by atoms with Crippen molar-refractivity contribution in [3.05, 3.63) is 40.0 Å². The summed E-state index contributed by atoms with van der Waals surface area (Å²) in [6, 6.07) is 2.32. The number of H-pyrrole nitrogens is 1. The molecule has 2 fully saturated rings. The van der Waals surface area contributed by atoms with E-state index >= 15 is 0 Å². The highest BCUT2D eigenvalue weighted by Gasteiger charge is 2.26. The molecule has 0 atom stereocenters. The number of aromatic amines is 1. The second-order valence-electron chi connectivity index (χ2n) is 9.71. The highest BCUT2D eigenvalue weighted by atomic mass is 32.1. The Hall–Kier alpha value is -2.82. The molecule has 0 bridgehead atoms. The van der Waals surface area contributed by atoms with Crippen LogP contribution < -0.4 is 10.6 Å². The topological polar surface area (TPSA) is 106 Å². The first kappa shape index (κ1) is 23.9. The van der Waals surface area contributed by atoms with E-state index in [-0.39, 0.29) is 23.8 Å². The summed E-state index contributed by atoms with van der Waals surface area (Å²) >= 11 is 1.57. The van der Waals surface area contributed by atoms with Gasteiger partial charge in [-0.1, -0.05) is 0 Å². The summed E-state index contributed by atoms with van der Waals surface area (Å²) in [4.78, 5) is 43.2. The molecule has 5 rings (SSSR count). The second kappa shape index (κ2) is 10.4. The van der Waals surface area contributed by atoms with Gasteiger partial charge in [0, 0.05) is 54.9 Å². The van der Waals surface area contributed by atoms with Crippen molar-refractivity contribution in [3.8, 4) is 0 Å². The largest absolute Gasteiger partial charge is 0.367 e. The molecule has 0 radical (unpaired) electrons. The minimum Gasteiger partial charge on any atom is -0.367 e. The standard InChI is InChI=1S/C25H33N7O2S/c1-16-19(7-12-35-16)23(34)20-13-26-24-22(20)25(28-15-27-24)30-18-5-3-17(4-6-18)29-21(33)14-32-10-8-31(2)9-11-32/h7,12-13,15,17-18H,3-6,8-11,14H2,1-2H3,(H,29,33)(H2,26,27,28,30)/t17-,18+. The first-order valence-electron chi connectivity index (χ1n) is 12.4. The van der Waals surface area contributed by atoms with Crippen LogP contribution in [0, 0.1) is 6.92 Å². The lowest BCUT2D eigenvalue weighted by Gasteiger charge is -2.33. The number of carbonyl (C=O) groups is 2. The van der Waals surface area contributed by atoms with Gasteiger partial charge in [0.05, 0.1) is 17.5 Å². The van der Waals surface area contributed by atoms with Crippen LogP contribution in [-0.2, 0) is 4.79 Å². The molecular formula is C25H33N7O2S. The van der Waals surface area contributed by atoms with E-state index in [4.69, 9.17) is 0 Å². The molecule has 4 heterocycles. The van der Waals surface area contributed by atoms with E-state index in [1.807, 2.05) is 18.4 Å². The Bertz CT molecular complexity index is 1190. The quantitative estimate of drug-likeness (QED) is 0.433. The molecule has 0 aromatic carbocycles. The fourth-order valence-corrected chi connectivity index (χ4v) is 5.77. The average Bonchev–Trinajstić information content (AvgIpc) is 3.48. The Labute approximate surface area is 209 Å². The minimum absolute atomic E-state index is 0.0142. The van der Waals surface area contributed by atoms with Gasteiger partial charge in [0.2, 0.25) is 5.91 Å². The number of rotatable bonds is 7. The summed E-state index contributed by atoms with van der Waals surface area (Å²) in [6.45, 7) is 6.38. The predicted molar refractivity (Wildman–Crippen MR) is 138 cm³/mol. The molecule has 3 N–H and O–H groups in total. The zero-order chi connectivity index (χ0) is 24.4. The number of carbonyl (C=O) groups excluding carboxylic acids is 2. The van der Waals surface area contributed by atoms with Crippen molar-refractivity contribution in [1.29, 1.82) is 0 Å².